The second-order valence-corrected chi connectivity index (χ2v) is 9.38. The maximum Gasteiger partial charge on any atom is -0.0316 e. The average Bonchev–Trinajstić information content (AvgIpc) is 3.05. The smallest absolute Gasteiger partial charge is 0.0316 e. The molecule has 0 aromatic rings. The molecule has 18 heavy (non-hydrogen) atoms. The lowest BCUT2D eigenvalue weighted by Crippen LogP contribution is -1.96. The van der Waals surface area contributed by atoms with Crippen molar-refractivity contribution < 1.29 is 0 Å². The molecule has 0 amide bonds. The molecular formula is C16H32P2. The minimum absolute atomic E-state index is 1.13. The Kier molecular flexibility index (Phi) is 8.23. The van der Waals surface area contributed by atoms with Crippen LogP contribution in [0.5, 0.6) is 0 Å². The molecule has 2 rings (SSSR count). The minimum atomic E-state index is 1.13. The summed E-state index contributed by atoms with van der Waals surface area (Å²) in [6.45, 7) is 0. The summed E-state index contributed by atoms with van der Waals surface area (Å²) in [7, 11) is 2.57. The van der Waals surface area contributed by atoms with Crippen molar-refractivity contribution in [1.82, 2.24) is 0 Å². The van der Waals surface area contributed by atoms with Crippen LogP contribution in [0.3, 0.4) is 0 Å². The molecule has 2 fully saturated rings. The fourth-order valence-corrected chi connectivity index (χ4v) is 6.78. The van der Waals surface area contributed by atoms with Crippen LogP contribution >= 0.6 is 17.2 Å². The van der Waals surface area contributed by atoms with Crippen molar-refractivity contribution in [2.24, 2.45) is 11.8 Å². The Bertz CT molecular complexity index is 171. The van der Waals surface area contributed by atoms with Gasteiger partial charge < -0.3 is 0 Å². The molecule has 0 nitrogen and oxygen atoms in total. The maximum atomic E-state index is 1.56. The highest BCUT2D eigenvalue weighted by atomic mass is 31.1. The molecule has 0 spiro atoms. The fourth-order valence-electron chi connectivity index (χ4n) is 3.64. The van der Waals surface area contributed by atoms with Gasteiger partial charge in [-0.2, -0.15) is 0 Å². The summed E-state index contributed by atoms with van der Waals surface area (Å²) in [6.07, 6.45) is 21.6. The Labute approximate surface area is 118 Å². The van der Waals surface area contributed by atoms with Crippen LogP contribution in [0.2, 0.25) is 0 Å². The van der Waals surface area contributed by atoms with Crippen LogP contribution in [0, 0.1) is 11.8 Å². The van der Waals surface area contributed by atoms with Gasteiger partial charge in [0, 0.05) is 0 Å². The van der Waals surface area contributed by atoms with Crippen LogP contribution in [-0.2, 0) is 0 Å². The Balaban J connectivity index is 1.31. The monoisotopic (exact) mass is 286 g/mol. The highest BCUT2D eigenvalue weighted by molar-refractivity contribution is 7.42. The van der Waals surface area contributed by atoms with Crippen molar-refractivity contribution in [3.8, 4) is 0 Å². The van der Waals surface area contributed by atoms with Crippen molar-refractivity contribution in [1.29, 1.82) is 0 Å². The van der Waals surface area contributed by atoms with Crippen molar-refractivity contribution in [2.45, 2.75) is 64.2 Å². The topological polar surface area (TPSA) is 0 Å². The average molecular weight is 286 g/mol. The molecular weight excluding hydrogens is 254 g/mol. The van der Waals surface area contributed by atoms with E-state index in [2.05, 4.69) is 0 Å². The second kappa shape index (κ2) is 9.72. The molecule has 0 heterocycles. The minimum Gasteiger partial charge on any atom is -0.122 e. The Morgan fingerprint density at radius 3 is 1.33 bits per heavy atom. The lowest BCUT2D eigenvalue weighted by atomic mass is 10.1. The molecule has 2 atom stereocenters. The first kappa shape index (κ1) is 15.3. The van der Waals surface area contributed by atoms with Gasteiger partial charge in [0.1, 0.15) is 0 Å². The quantitative estimate of drug-likeness (QED) is 0.387. The van der Waals surface area contributed by atoms with E-state index in [0.717, 1.165) is 11.8 Å². The van der Waals surface area contributed by atoms with Gasteiger partial charge in [-0.15, -0.1) is 17.2 Å². The summed E-state index contributed by atoms with van der Waals surface area (Å²) in [4.78, 5) is 0. The van der Waals surface area contributed by atoms with E-state index in [0.29, 0.717) is 0 Å². The van der Waals surface area contributed by atoms with E-state index in [-0.39, 0.29) is 0 Å². The van der Waals surface area contributed by atoms with Crippen LogP contribution < -0.4 is 0 Å². The third kappa shape index (κ3) is 6.34. The molecule has 2 heteroatoms. The first-order valence-corrected chi connectivity index (χ1v) is 11.2. The van der Waals surface area contributed by atoms with Gasteiger partial charge in [-0.05, 0) is 49.3 Å². The van der Waals surface area contributed by atoms with Crippen LogP contribution in [0.1, 0.15) is 64.2 Å². The van der Waals surface area contributed by atoms with Gasteiger partial charge in [0.2, 0.25) is 0 Å². The molecule has 106 valence electrons. The SMILES string of the molecule is C1CCC(CCPCCPCCC2CCCC2)C1. The van der Waals surface area contributed by atoms with Gasteiger partial charge in [-0.3, -0.25) is 0 Å². The number of hydrogen-bond acceptors (Lipinski definition) is 0. The van der Waals surface area contributed by atoms with Crippen LogP contribution in [0.25, 0.3) is 0 Å². The zero-order valence-corrected chi connectivity index (χ0v) is 14.1. The maximum absolute atomic E-state index is 1.56. The second-order valence-electron chi connectivity index (χ2n) is 6.38. The van der Waals surface area contributed by atoms with E-state index in [1.807, 2.05) is 0 Å². The lowest BCUT2D eigenvalue weighted by Gasteiger charge is -2.09. The first-order chi connectivity index (χ1) is 8.95. The molecule has 0 bridgehead atoms. The molecule has 2 aliphatic rings. The van der Waals surface area contributed by atoms with Gasteiger partial charge in [-0.1, -0.05) is 51.4 Å². The zero-order chi connectivity index (χ0) is 12.5. The zero-order valence-electron chi connectivity index (χ0n) is 12.1. The van der Waals surface area contributed by atoms with Crippen molar-refractivity contribution in [3.05, 3.63) is 0 Å². The Hall–Kier alpha value is 0.860. The van der Waals surface area contributed by atoms with Gasteiger partial charge in [0.25, 0.3) is 0 Å². The largest absolute Gasteiger partial charge is 0.122 e. The summed E-state index contributed by atoms with van der Waals surface area (Å²) < 4.78 is 0. The molecule has 0 aromatic carbocycles. The van der Waals surface area contributed by atoms with Crippen molar-refractivity contribution in [3.63, 3.8) is 0 Å². The van der Waals surface area contributed by atoms with Crippen molar-refractivity contribution >= 4 is 17.2 Å². The van der Waals surface area contributed by atoms with E-state index in [1.54, 1.807) is 63.2 Å². The molecule has 0 N–H and O–H groups in total. The Morgan fingerprint density at radius 2 is 0.944 bits per heavy atom. The Morgan fingerprint density at radius 1 is 0.556 bits per heavy atom. The van der Waals surface area contributed by atoms with Crippen LogP contribution in [0.4, 0.5) is 0 Å². The third-order valence-corrected chi connectivity index (χ3v) is 7.88. The van der Waals surface area contributed by atoms with Crippen molar-refractivity contribution in [2.75, 3.05) is 24.6 Å². The van der Waals surface area contributed by atoms with Crippen LogP contribution in [0.15, 0.2) is 0 Å². The van der Waals surface area contributed by atoms with Gasteiger partial charge >= 0.3 is 0 Å². The molecule has 0 saturated heterocycles. The highest BCUT2D eigenvalue weighted by Gasteiger charge is 2.14. The van der Waals surface area contributed by atoms with Gasteiger partial charge in [0.15, 0.2) is 0 Å². The standard InChI is InChI=1S/C16H32P2/c1-2-6-15(5-1)9-11-17-13-14-18-12-10-16-7-3-4-8-16/h15-18H,1-14H2. The summed E-state index contributed by atoms with van der Waals surface area (Å²) in [5, 5.41) is 0. The molecule has 0 radical (unpaired) electrons. The third-order valence-electron chi connectivity index (χ3n) is 4.89. The fraction of sp³-hybridized carbons (Fsp3) is 1.00. The molecule has 2 saturated carbocycles. The predicted molar refractivity (Wildman–Crippen MR) is 89.2 cm³/mol. The van der Waals surface area contributed by atoms with Gasteiger partial charge in [-0.25, -0.2) is 0 Å². The van der Waals surface area contributed by atoms with Gasteiger partial charge in [0.05, 0.1) is 0 Å². The number of rotatable bonds is 9. The van der Waals surface area contributed by atoms with E-state index in [9.17, 15) is 0 Å². The van der Waals surface area contributed by atoms with Crippen LogP contribution in [-0.4, -0.2) is 24.6 Å². The van der Waals surface area contributed by atoms with E-state index in [1.165, 1.54) is 42.8 Å². The highest BCUT2D eigenvalue weighted by Crippen LogP contribution is 2.31. The number of hydrogen-bond donors (Lipinski definition) is 0. The van der Waals surface area contributed by atoms with E-state index >= 15 is 0 Å². The molecule has 2 aliphatic carbocycles. The summed E-state index contributed by atoms with van der Waals surface area (Å²) >= 11 is 0. The predicted octanol–water partition coefficient (Wildman–Crippen LogP) is 5.50. The first-order valence-electron chi connectivity index (χ1n) is 8.36. The lowest BCUT2D eigenvalue weighted by molar-refractivity contribution is 0.534. The molecule has 0 aliphatic heterocycles. The summed E-state index contributed by atoms with van der Waals surface area (Å²) in [6, 6.07) is 0. The van der Waals surface area contributed by atoms with E-state index < -0.39 is 0 Å². The van der Waals surface area contributed by atoms with E-state index in [4.69, 9.17) is 0 Å². The normalized spacial score (nSPS) is 23.3. The molecule has 0 aromatic heterocycles. The summed E-state index contributed by atoms with van der Waals surface area (Å²) in [5.74, 6) is 2.25. The summed E-state index contributed by atoms with van der Waals surface area (Å²) in [5.41, 5.74) is 0. The molecule has 2 unspecified atom stereocenters.